The molecule has 0 saturated carbocycles. The molecule has 0 aromatic rings. The zero-order chi connectivity index (χ0) is 17.6. The fraction of sp³-hybridized carbons (Fsp3) is 0.900. The number of hydrogen-bond acceptors (Lipinski definition) is 2. The van der Waals surface area contributed by atoms with Crippen LogP contribution in [0.5, 0.6) is 0 Å². The van der Waals surface area contributed by atoms with E-state index < -0.39 is 0 Å². The van der Waals surface area contributed by atoms with Gasteiger partial charge in [-0.25, -0.2) is 0 Å². The van der Waals surface area contributed by atoms with Crippen molar-refractivity contribution in [2.75, 3.05) is 0 Å². The second-order valence-electron chi connectivity index (χ2n) is 8.93. The predicted octanol–water partition coefficient (Wildman–Crippen LogP) is 5.97. The van der Waals surface area contributed by atoms with Gasteiger partial charge in [0.25, 0.3) is 0 Å². The fourth-order valence-corrected chi connectivity index (χ4v) is 3.42. The molecule has 0 aliphatic heterocycles. The molecule has 0 amide bonds. The Bertz CT molecular complexity index is 359. The summed E-state index contributed by atoms with van der Waals surface area (Å²) in [6.45, 7) is 17.2. The molecule has 0 atom stereocenters. The molecule has 0 aromatic carbocycles. The van der Waals surface area contributed by atoms with Gasteiger partial charge in [-0.05, 0) is 37.0 Å². The second-order valence-corrected chi connectivity index (χ2v) is 8.93. The van der Waals surface area contributed by atoms with Crippen LogP contribution >= 0.6 is 0 Å². The van der Waals surface area contributed by atoms with Crippen LogP contribution in [0, 0.1) is 16.2 Å². The molecule has 2 nitrogen and oxygen atoms in total. The molecule has 0 unspecified atom stereocenters. The van der Waals surface area contributed by atoms with Crippen LogP contribution in [0.15, 0.2) is 0 Å². The van der Waals surface area contributed by atoms with Gasteiger partial charge in [0.2, 0.25) is 0 Å². The third kappa shape index (κ3) is 7.56. The Hall–Kier alpha value is -0.660. The maximum absolute atomic E-state index is 12.9. The third-order valence-corrected chi connectivity index (χ3v) is 5.26. The summed E-state index contributed by atoms with van der Waals surface area (Å²) in [7, 11) is 0. The maximum Gasteiger partial charge on any atom is 0.138 e. The smallest absolute Gasteiger partial charge is 0.138 e. The predicted molar refractivity (Wildman–Crippen MR) is 95.0 cm³/mol. The third-order valence-electron chi connectivity index (χ3n) is 5.26. The summed E-state index contributed by atoms with van der Waals surface area (Å²) >= 11 is 0. The lowest BCUT2D eigenvalue weighted by Gasteiger charge is -2.41. The van der Waals surface area contributed by atoms with E-state index in [1.165, 1.54) is 0 Å². The highest BCUT2D eigenvalue weighted by Gasteiger charge is 2.40. The second kappa shape index (κ2) is 8.26. The van der Waals surface area contributed by atoms with Crippen LogP contribution in [0.3, 0.4) is 0 Å². The minimum Gasteiger partial charge on any atom is -0.300 e. The van der Waals surface area contributed by atoms with E-state index in [0.29, 0.717) is 25.0 Å². The van der Waals surface area contributed by atoms with Crippen molar-refractivity contribution in [3.63, 3.8) is 0 Å². The lowest BCUT2D eigenvalue weighted by Crippen LogP contribution is -2.37. The van der Waals surface area contributed by atoms with Gasteiger partial charge in [-0.3, -0.25) is 4.79 Å². The summed E-state index contributed by atoms with van der Waals surface area (Å²) in [5, 5.41) is 0. The van der Waals surface area contributed by atoms with Crippen molar-refractivity contribution >= 4 is 11.6 Å². The SMILES string of the molecule is CCC(C)(C)CC(C)(CC(C)(C)CC)C(=O)CCCC(C)=O. The Morgan fingerprint density at radius 1 is 0.773 bits per heavy atom. The van der Waals surface area contributed by atoms with Crippen molar-refractivity contribution in [2.45, 2.75) is 100 Å². The average Bonchev–Trinajstić information content (AvgIpc) is 2.36. The first-order chi connectivity index (χ1) is 9.87. The number of carbonyl (C=O) groups is 2. The molecule has 130 valence electrons. The van der Waals surface area contributed by atoms with E-state index in [0.717, 1.165) is 25.7 Å². The molecule has 0 radical (unpaired) electrons. The molecule has 0 aliphatic carbocycles. The summed E-state index contributed by atoms with van der Waals surface area (Å²) < 4.78 is 0. The largest absolute Gasteiger partial charge is 0.300 e. The highest BCUT2D eigenvalue weighted by molar-refractivity contribution is 5.85. The fourth-order valence-electron chi connectivity index (χ4n) is 3.42. The quantitative estimate of drug-likeness (QED) is 0.471. The van der Waals surface area contributed by atoms with Crippen LogP contribution in [0.2, 0.25) is 0 Å². The zero-order valence-corrected chi connectivity index (χ0v) is 16.3. The van der Waals surface area contributed by atoms with E-state index in [-0.39, 0.29) is 22.0 Å². The number of ketones is 2. The number of hydrogen-bond donors (Lipinski definition) is 0. The normalized spacial score (nSPS) is 13.3. The molecular formula is C20H38O2. The molecule has 0 heterocycles. The first kappa shape index (κ1) is 21.3. The topological polar surface area (TPSA) is 34.1 Å². The highest BCUT2D eigenvalue weighted by Crippen LogP contribution is 2.45. The first-order valence-corrected chi connectivity index (χ1v) is 8.90. The van der Waals surface area contributed by atoms with Crippen molar-refractivity contribution in [1.82, 2.24) is 0 Å². The summed E-state index contributed by atoms with van der Waals surface area (Å²) in [4.78, 5) is 24.0. The molecule has 0 fully saturated rings. The molecule has 0 saturated heterocycles. The summed E-state index contributed by atoms with van der Waals surface area (Å²) in [5.74, 6) is 0.522. The average molecular weight is 311 g/mol. The van der Waals surface area contributed by atoms with E-state index in [9.17, 15) is 9.59 Å². The van der Waals surface area contributed by atoms with E-state index in [2.05, 4.69) is 48.5 Å². The maximum atomic E-state index is 12.9. The van der Waals surface area contributed by atoms with Crippen molar-refractivity contribution in [2.24, 2.45) is 16.2 Å². The Morgan fingerprint density at radius 2 is 1.18 bits per heavy atom. The number of rotatable bonds is 11. The van der Waals surface area contributed by atoms with Gasteiger partial charge >= 0.3 is 0 Å². The Morgan fingerprint density at radius 3 is 1.50 bits per heavy atom. The number of carbonyl (C=O) groups excluding carboxylic acids is 2. The molecule has 0 bridgehead atoms. The van der Waals surface area contributed by atoms with Crippen molar-refractivity contribution < 1.29 is 9.59 Å². The van der Waals surface area contributed by atoms with Crippen molar-refractivity contribution in [3.05, 3.63) is 0 Å². The van der Waals surface area contributed by atoms with Gasteiger partial charge in [0.1, 0.15) is 11.6 Å². The van der Waals surface area contributed by atoms with Gasteiger partial charge in [0.05, 0.1) is 0 Å². The molecule has 0 N–H and O–H groups in total. The summed E-state index contributed by atoms with van der Waals surface area (Å²) in [6, 6.07) is 0. The van der Waals surface area contributed by atoms with Crippen LogP contribution in [-0.4, -0.2) is 11.6 Å². The first-order valence-electron chi connectivity index (χ1n) is 8.90. The monoisotopic (exact) mass is 310 g/mol. The van der Waals surface area contributed by atoms with E-state index >= 15 is 0 Å². The van der Waals surface area contributed by atoms with Gasteiger partial charge in [-0.1, -0.05) is 61.3 Å². The van der Waals surface area contributed by atoms with Crippen molar-refractivity contribution in [3.8, 4) is 0 Å². The zero-order valence-electron chi connectivity index (χ0n) is 16.3. The molecule has 0 aromatic heterocycles. The number of Topliss-reactive ketones (excluding diaryl/α,β-unsaturated/α-hetero) is 2. The van der Waals surface area contributed by atoms with Crippen LogP contribution in [-0.2, 0) is 9.59 Å². The van der Waals surface area contributed by atoms with E-state index in [1.807, 2.05) is 0 Å². The summed E-state index contributed by atoms with van der Waals surface area (Å²) in [5.41, 5.74) is 0.0689. The standard InChI is InChI=1S/C20H38O2/c1-9-18(4,5)14-20(8,15-19(6,7)10-2)17(22)13-11-12-16(3)21/h9-15H2,1-8H3. The highest BCUT2D eigenvalue weighted by atomic mass is 16.1. The lowest BCUT2D eigenvalue weighted by molar-refractivity contribution is -0.132. The van der Waals surface area contributed by atoms with Gasteiger partial charge in [-0.2, -0.15) is 0 Å². The molecule has 0 spiro atoms. The summed E-state index contributed by atoms with van der Waals surface area (Å²) in [6.07, 6.45) is 5.78. The Balaban J connectivity index is 5.14. The minimum absolute atomic E-state index is 0.175. The van der Waals surface area contributed by atoms with Crippen LogP contribution < -0.4 is 0 Å². The van der Waals surface area contributed by atoms with Gasteiger partial charge in [0, 0.05) is 18.3 Å². The van der Waals surface area contributed by atoms with E-state index in [1.54, 1.807) is 6.92 Å². The lowest BCUT2D eigenvalue weighted by atomic mass is 9.63. The van der Waals surface area contributed by atoms with Gasteiger partial charge in [-0.15, -0.1) is 0 Å². The van der Waals surface area contributed by atoms with E-state index in [4.69, 9.17) is 0 Å². The van der Waals surface area contributed by atoms with Crippen LogP contribution in [0.1, 0.15) is 100 Å². The molecular weight excluding hydrogens is 272 g/mol. The van der Waals surface area contributed by atoms with Gasteiger partial charge in [0.15, 0.2) is 0 Å². The van der Waals surface area contributed by atoms with Crippen molar-refractivity contribution in [1.29, 1.82) is 0 Å². The molecule has 22 heavy (non-hydrogen) atoms. The van der Waals surface area contributed by atoms with Crippen LogP contribution in [0.25, 0.3) is 0 Å². The van der Waals surface area contributed by atoms with Gasteiger partial charge < -0.3 is 4.79 Å². The Kier molecular flexibility index (Phi) is 8.02. The Labute approximate surface area is 138 Å². The minimum atomic E-state index is -0.282. The molecule has 0 rings (SSSR count). The molecule has 2 heteroatoms. The molecule has 0 aliphatic rings. The van der Waals surface area contributed by atoms with Crippen LogP contribution in [0.4, 0.5) is 0 Å².